The molecular weight excluding hydrogens is 339 g/mol. The molecule has 0 aliphatic rings. The van der Waals surface area contributed by atoms with E-state index in [2.05, 4.69) is 14.8 Å². The van der Waals surface area contributed by atoms with Crippen LogP contribution in [-0.2, 0) is 17.5 Å². The van der Waals surface area contributed by atoms with Crippen molar-refractivity contribution in [3.8, 4) is 11.3 Å². The zero-order valence-electron chi connectivity index (χ0n) is 12.9. The number of aromatic nitrogens is 3. The highest BCUT2D eigenvalue weighted by Crippen LogP contribution is 2.32. The van der Waals surface area contributed by atoms with E-state index >= 15 is 0 Å². The molecule has 3 aromatic rings. The summed E-state index contributed by atoms with van der Waals surface area (Å²) < 4.78 is 45.3. The molecule has 0 saturated carbocycles. The Bertz CT molecular complexity index is 933. The van der Waals surface area contributed by atoms with E-state index < -0.39 is 17.8 Å². The number of fused-ring (bicyclic) bond motifs is 1. The largest absolute Gasteiger partial charge is 0.465 e. The summed E-state index contributed by atoms with van der Waals surface area (Å²) >= 11 is 0. The maximum atomic E-state index is 13.4. The van der Waals surface area contributed by atoms with Gasteiger partial charge in [-0.25, -0.2) is 14.3 Å². The second-order valence-electron chi connectivity index (χ2n) is 5.16. The molecule has 0 aliphatic heterocycles. The lowest BCUT2D eigenvalue weighted by Crippen LogP contribution is -2.14. The fourth-order valence-electron chi connectivity index (χ4n) is 2.35. The molecule has 6 nitrogen and oxygen atoms in total. The van der Waals surface area contributed by atoms with Crippen LogP contribution in [0.1, 0.15) is 21.6 Å². The molecule has 0 fully saturated rings. The molecule has 3 rings (SSSR count). The predicted octanol–water partition coefficient (Wildman–Crippen LogP) is 2.69. The highest BCUT2D eigenvalue weighted by Gasteiger charge is 2.36. The van der Waals surface area contributed by atoms with Crippen LogP contribution in [0.3, 0.4) is 0 Å². The van der Waals surface area contributed by atoms with E-state index in [1.807, 2.05) is 0 Å². The molecule has 1 aromatic carbocycles. The van der Waals surface area contributed by atoms with Crippen LogP contribution in [0.15, 0.2) is 36.5 Å². The van der Waals surface area contributed by atoms with Gasteiger partial charge in [0.15, 0.2) is 11.3 Å². The quantitative estimate of drug-likeness (QED) is 0.734. The van der Waals surface area contributed by atoms with Gasteiger partial charge in [0.2, 0.25) is 0 Å². The van der Waals surface area contributed by atoms with Crippen LogP contribution >= 0.6 is 0 Å². The molecule has 2 aromatic heterocycles. The van der Waals surface area contributed by atoms with Crippen LogP contribution in [0, 0.1) is 0 Å². The summed E-state index contributed by atoms with van der Waals surface area (Å²) in [5.41, 5.74) is -0.434. The Morgan fingerprint density at radius 2 is 1.96 bits per heavy atom. The highest BCUT2D eigenvalue weighted by atomic mass is 19.4. The van der Waals surface area contributed by atoms with Crippen molar-refractivity contribution in [3.63, 3.8) is 0 Å². The van der Waals surface area contributed by atoms with Crippen molar-refractivity contribution in [3.05, 3.63) is 53.3 Å². The number of hydrogen-bond donors (Lipinski definition) is 1. The van der Waals surface area contributed by atoms with E-state index in [1.165, 1.54) is 0 Å². The molecule has 0 unspecified atom stereocenters. The summed E-state index contributed by atoms with van der Waals surface area (Å²) in [7, 11) is 1.12. The summed E-state index contributed by atoms with van der Waals surface area (Å²) in [6, 6.07) is 7.09. The van der Waals surface area contributed by atoms with Crippen LogP contribution in [0.4, 0.5) is 13.2 Å². The minimum absolute atomic E-state index is 0.0231. The smallest absolute Gasteiger partial charge is 0.433 e. The maximum absolute atomic E-state index is 13.4. The summed E-state index contributed by atoms with van der Waals surface area (Å²) in [4.78, 5) is 15.9. The Morgan fingerprint density at radius 3 is 2.52 bits per heavy atom. The van der Waals surface area contributed by atoms with E-state index in [9.17, 15) is 18.0 Å². The van der Waals surface area contributed by atoms with Crippen molar-refractivity contribution in [2.45, 2.75) is 12.8 Å². The van der Waals surface area contributed by atoms with Crippen LogP contribution in [-0.4, -0.2) is 32.8 Å². The Balaban J connectivity index is 2.26. The summed E-state index contributed by atoms with van der Waals surface area (Å²) in [6.45, 7) is -0.185. The van der Waals surface area contributed by atoms with E-state index in [0.717, 1.165) is 19.4 Å². The van der Waals surface area contributed by atoms with Crippen molar-refractivity contribution in [2.75, 3.05) is 7.11 Å². The molecular formula is C16H12F3N3O3. The molecule has 0 radical (unpaired) electrons. The van der Waals surface area contributed by atoms with E-state index in [1.54, 1.807) is 24.3 Å². The minimum Gasteiger partial charge on any atom is -0.465 e. The normalized spacial score (nSPS) is 11.7. The number of rotatable bonds is 3. The number of halogens is 3. The van der Waals surface area contributed by atoms with Crippen molar-refractivity contribution >= 4 is 11.6 Å². The standard InChI is InChI=1S/C16H12F3N3O3/c1-25-15(24)11-7-20-22-13(16(17,18)19)6-12(21-14(11)22)10-4-2-9(8-23)3-5-10/h2-7,23H,8H2,1H3. The fourth-order valence-corrected chi connectivity index (χ4v) is 2.35. The van der Waals surface area contributed by atoms with E-state index in [0.29, 0.717) is 15.6 Å². The van der Waals surface area contributed by atoms with Gasteiger partial charge in [-0.15, -0.1) is 0 Å². The number of carbonyl (C=O) groups is 1. The van der Waals surface area contributed by atoms with Gasteiger partial charge in [-0.2, -0.15) is 18.3 Å². The number of esters is 1. The van der Waals surface area contributed by atoms with Crippen LogP contribution in [0.2, 0.25) is 0 Å². The summed E-state index contributed by atoms with van der Waals surface area (Å²) in [5, 5.41) is 12.7. The number of aliphatic hydroxyl groups excluding tert-OH is 1. The highest BCUT2D eigenvalue weighted by molar-refractivity contribution is 5.95. The average molecular weight is 351 g/mol. The summed E-state index contributed by atoms with van der Waals surface area (Å²) in [6.07, 6.45) is -3.71. The molecule has 25 heavy (non-hydrogen) atoms. The molecule has 1 N–H and O–H groups in total. The lowest BCUT2D eigenvalue weighted by molar-refractivity contribution is -0.142. The SMILES string of the molecule is COC(=O)c1cnn2c(C(F)(F)F)cc(-c3ccc(CO)cc3)nc12. The molecule has 2 heterocycles. The van der Waals surface area contributed by atoms with E-state index in [-0.39, 0.29) is 23.5 Å². The first-order chi connectivity index (χ1) is 11.8. The number of ether oxygens (including phenoxy) is 1. The van der Waals surface area contributed by atoms with Crippen molar-refractivity contribution in [1.82, 2.24) is 14.6 Å². The van der Waals surface area contributed by atoms with Gasteiger partial charge >= 0.3 is 12.1 Å². The van der Waals surface area contributed by atoms with Gasteiger partial charge in [-0.3, -0.25) is 0 Å². The average Bonchev–Trinajstić information content (AvgIpc) is 3.03. The molecule has 9 heteroatoms. The second-order valence-corrected chi connectivity index (χ2v) is 5.16. The number of aliphatic hydroxyl groups is 1. The summed E-state index contributed by atoms with van der Waals surface area (Å²) in [5.74, 6) is -0.830. The second kappa shape index (κ2) is 6.17. The maximum Gasteiger partial charge on any atom is 0.433 e. The topological polar surface area (TPSA) is 76.7 Å². The Labute approximate surface area is 139 Å². The van der Waals surface area contributed by atoms with Gasteiger partial charge in [0.25, 0.3) is 0 Å². The Morgan fingerprint density at radius 1 is 1.28 bits per heavy atom. The van der Waals surface area contributed by atoms with Crippen LogP contribution in [0.25, 0.3) is 16.9 Å². The molecule has 0 bridgehead atoms. The van der Waals surface area contributed by atoms with Crippen molar-refractivity contribution < 1.29 is 27.8 Å². The number of alkyl halides is 3. The van der Waals surface area contributed by atoms with Gasteiger partial charge < -0.3 is 9.84 Å². The monoisotopic (exact) mass is 351 g/mol. The van der Waals surface area contributed by atoms with Crippen molar-refractivity contribution in [2.24, 2.45) is 0 Å². The molecule has 0 spiro atoms. The first-order valence-electron chi connectivity index (χ1n) is 7.09. The lowest BCUT2D eigenvalue weighted by Gasteiger charge is -2.11. The Hall–Kier alpha value is -2.94. The molecule has 0 amide bonds. The third-order valence-electron chi connectivity index (χ3n) is 3.60. The minimum atomic E-state index is -4.69. The molecule has 0 saturated heterocycles. The molecule has 0 aliphatic carbocycles. The lowest BCUT2D eigenvalue weighted by atomic mass is 10.1. The zero-order valence-corrected chi connectivity index (χ0v) is 12.9. The van der Waals surface area contributed by atoms with Gasteiger partial charge in [-0.05, 0) is 11.6 Å². The number of nitrogens with zero attached hydrogens (tertiary/aromatic N) is 3. The third-order valence-corrected chi connectivity index (χ3v) is 3.60. The number of methoxy groups -OCH3 is 1. The van der Waals surface area contributed by atoms with Gasteiger partial charge in [0, 0.05) is 5.56 Å². The molecule has 130 valence electrons. The van der Waals surface area contributed by atoms with Gasteiger partial charge in [0.1, 0.15) is 5.56 Å². The van der Waals surface area contributed by atoms with E-state index in [4.69, 9.17) is 5.11 Å². The van der Waals surface area contributed by atoms with Gasteiger partial charge in [0.05, 0.1) is 25.6 Å². The van der Waals surface area contributed by atoms with Gasteiger partial charge in [-0.1, -0.05) is 24.3 Å². The Kier molecular flexibility index (Phi) is 4.17. The van der Waals surface area contributed by atoms with Crippen LogP contribution < -0.4 is 0 Å². The molecule has 0 atom stereocenters. The van der Waals surface area contributed by atoms with Crippen LogP contribution in [0.5, 0.6) is 0 Å². The number of hydrogen-bond acceptors (Lipinski definition) is 5. The zero-order chi connectivity index (χ0) is 18.2. The number of benzene rings is 1. The van der Waals surface area contributed by atoms with Crippen molar-refractivity contribution in [1.29, 1.82) is 0 Å². The number of carbonyl (C=O) groups excluding carboxylic acids is 1. The first kappa shape index (κ1) is 16.9. The first-order valence-corrected chi connectivity index (χ1v) is 7.09. The third kappa shape index (κ3) is 3.05. The predicted molar refractivity (Wildman–Crippen MR) is 80.7 cm³/mol. The fraction of sp³-hybridized carbons (Fsp3) is 0.188.